The second-order valence-corrected chi connectivity index (χ2v) is 9.04. The highest BCUT2D eigenvalue weighted by Crippen LogP contribution is 2.28. The van der Waals surface area contributed by atoms with E-state index in [9.17, 15) is 9.59 Å². The molecule has 2 N–H and O–H groups in total. The van der Waals surface area contributed by atoms with Crippen LogP contribution in [-0.2, 0) is 13.1 Å². The van der Waals surface area contributed by atoms with Gasteiger partial charge >= 0.3 is 0 Å². The number of amides is 2. The minimum Gasteiger partial charge on any atom is -0.340 e. The molecule has 0 aliphatic rings. The molecule has 2 heterocycles. The fraction of sp³-hybridized carbons (Fsp3) is 0.167. The lowest BCUT2D eigenvalue weighted by atomic mass is 10.1. The number of carbonyl (C=O) groups excluding carboxylic acids is 2. The zero-order chi connectivity index (χ0) is 25.9. The molecule has 0 spiro atoms. The van der Waals surface area contributed by atoms with Crippen molar-refractivity contribution in [3.05, 3.63) is 113 Å². The van der Waals surface area contributed by atoms with Gasteiger partial charge in [-0.1, -0.05) is 48.5 Å². The van der Waals surface area contributed by atoms with Gasteiger partial charge < -0.3 is 15.2 Å². The lowest BCUT2D eigenvalue weighted by Gasteiger charge is -2.09. The van der Waals surface area contributed by atoms with Crippen LogP contribution in [0.1, 0.15) is 44.6 Å². The lowest BCUT2D eigenvalue weighted by Crippen LogP contribution is -2.18. The van der Waals surface area contributed by atoms with Crippen LogP contribution in [0.4, 0.5) is 11.4 Å². The molecule has 5 rings (SSSR count). The van der Waals surface area contributed by atoms with Crippen molar-refractivity contribution in [3.8, 4) is 0 Å². The Labute approximate surface area is 215 Å². The van der Waals surface area contributed by atoms with Crippen molar-refractivity contribution in [3.63, 3.8) is 0 Å². The van der Waals surface area contributed by atoms with E-state index >= 15 is 0 Å². The van der Waals surface area contributed by atoms with Crippen molar-refractivity contribution >= 4 is 34.1 Å². The number of nitrogens with one attached hydrogen (secondary N) is 2. The van der Waals surface area contributed by atoms with Crippen molar-refractivity contribution in [1.82, 2.24) is 14.3 Å². The predicted octanol–water partition coefficient (Wildman–Crippen LogP) is 6.03. The summed E-state index contributed by atoms with van der Waals surface area (Å²) in [5, 5.41) is 11.2. The first-order valence-electron chi connectivity index (χ1n) is 12.3. The number of hydrogen-bond donors (Lipinski definition) is 2. The second kappa shape index (κ2) is 10.1. The molecule has 0 saturated carbocycles. The van der Waals surface area contributed by atoms with Crippen LogP contribution < -0.4 is 10.6 Å². The van der Waals surface area contributed by atoms with Crippen molar-refractivity contribution in [1.29, 1.82) is 0 Å². The molecule has 7 heteroatoms. The fourth-order valence-electron chi connectivity index (χ4n) is 4.51. The smallest absolute Gasteiger partial charge is 0.278 e. The highest BCUT2D eigenvalue weighted by atomic mass is 16.2. The molecular weight excluding hydrogens is 462 g/mol. The highest BCUT2D eigenvalue weighted by Gasteiger charge is 2.20. The average molecular weight is 492 g/mol. The summed E-state index contributed by atoms with van der Waals surface area (Å²) in [5.74, 6) is -0.673. The number of fused-ring (bicyclic) bond motifs is 1. The van der Waals surface area contributed by atoms with Gasteiger partial charge in [0.2, 0.25) is 0 Å². The SMILES string of the molecule is CCn1cc(NC(=O)c2ccc3c(c2)c(C)c(C)n3Cc2ccccc2)c(C(=O)Nc2ccccc2)n1. The summed E-state index contributed by atoms with van der Waals surface area (Å²) in [4.78, 5) is 26.2. The predicted molar refractivity (Wildman–Crippen MR) is 147 cm³/mol. The molecule has 2 aromatic heterocycles. The summed E-state index contributed by atoms with van der Waals surface area (Å²) in [6, 6.07) is 25.2. The van der Waals surface area contributed by atoms with E-state index in [2.05, 4.69) is 46.3 Å². The van der Waals surface area contributed by atoms with E-state index < -0.39 is 0 Å². The maximum Gasteiger partial charge on any atom is 0.278 e. The van der Waals surface area contributed by atoms with Gasteiger partial charge in [0.25, 0.3) is 11.8 Å². The van der Waals surface area contributed by atoms with E-state index in [1.165, 1.54) is 11.3 Å². The van der Waals surface area contributed by atoms with Crippen LogP contribution in [0.25, 0.3) is 10.9 Å². The topological polar surface area (TPSA) is 81.0 Å². The molecular formula is C30H29N5O2. The maximum atomic E-state index is 13.3. The summed E-state index contributed by atoms with van der Waals surface area (Å²) in [6.45, 7) is 7.45. The number of hydrogen-bond acceptors (Lipinski definition) is 3. The molecule has 0 saturated heterocycles. The molecule has 0 bridgehead atoms. The maximum absolute atomic E-state index is 13.3. The van der Waals surface area contributed by atoms with Gasteiger partial charge in [-0.3, -0.25) is 14.3 Å². The Morgan fingerprint density at radius 1 is 0.865 bits per heavy atom. The van der Waals surface area contributed by atoms with E-state index in [-0.39, 0.29) is 17.5 Å². The van der Waals surface area contributed by atoms with Crippen LogP contribution in [0.5, 0.6) is 0 Å². The number of rotatable bonds is 7. The molecule has 0 aliphatic carbocycles. The zero-order valence-corrected chi connectivity index (χ0v) is 21.2. The van der Waals surface area contributed by atoms with Gasteiger partial charge in [-0.25, -0.2) is 0 Å². The van der Waals surface area contributed by atoms with Gasteiger partial charge in [-0.2, -0.15) is 5.10 Å². The largest absolute Gasteiger partial charge is 0.340 e. The standard InChI is InChI=1S/C30H29N5O2/c1-4-34-19-26(28(33-34)30(37)31-24-13-9-6-10-14-24)32-29(36)23-15-16-27-25(17-23)20(2)21(3)35(27)18-22-11-7-5-8-12-22/h5-17,19H,4,18H2,1-3H3,(H,31,37)(H,32,36). The number of aryl methyl sites for hydroxylation is 2. The number of para-hydroxylation sites is 1. The third kappa shape index (κ3) is 4.89. The molecule has 0 fully saturated rings. The van der Waals surface area contributed by atoms with Gasteiger partial charge in [0, 0.05) is 47.1 Å². The molecule has 0 atom stereocenters. The van der Waals surface area contributed by atoms with Crippen LogP contribution in [0.15, 0.2) is 85.1 Å². The second-order valence-electron chi connectivity index (χ2n) is 9.04. The van der Waals surface area contributed by atoms with Crippen molar-refractivity contribution in [2.24, 2.45) is 0 Å². The number of aromatic nitrogens is 3. The Balaban J connectivity index is 1.42. The van der Waals surface area contributed by atoms with Crippen molar-refractivity contribution < 1.29 is 9.59 Å². The van der Waals surface area contributed by atoms with Crippen LogP contribution in [0.3, 0.4) is 0 Å². The Hall–Kier alpha value is -4.65. The van der Waals surface area contributed by atoms with E-state index in [4.69, 9.17) is 0 Å². The summed E-state index contributed by atoms with van der Waals surface area (Å²) in [6.07, 6.45) is 1.68. The highest BCUT2D eigenvalue weighted by molar-refractivity contribution is 6.12. The number of anilines is 2. The Morgan fingerprint density at radius 2 is 1.57 bits per heavy atom. The molecule has 37 heavy (non-hydrogen) atoms. The lowest BCUT2D eigenvalue weighted by molar-refractivity contribution is 0.102. The van der Waals surface area contributed by atoms with Crippen LogP contribution in [0.2, 0.25) is 0 Å². The molecule has 186 valence electrons. The molecule has 7 nitrogen and oxygen atoms in total. The number of benzene rings is 3. The summed E-state index contributed by atoms with van der Waals surface area (Å²) in [5.41, 5.74) is 6.33. The number of carbonyl (C=O) groups is 2. The summed E-state index contributed by atoms with van der Waals surface area (Å²) in [7, 11) is 0. The van der Waals surface area contributed by atoms with Crippen LogP contribution in [-0.4, -0.2) is 26.2 Å². The Bertz CT molecular complexity index is 1580. The minimum atomic E-state index is -0.381. The van der Waals surface area contributed by atoms with Gasteiger partial charge in [-0.15, -0.1) is 0 Å². The fourth-order valence-corrected chi connectivity index (χ4v) is 4.51. The minimum absolute atomic E-state index is 0.168. The molecule has 0 unspecified atom stereocenters. The van der Waals surface area contributed by atoms with Gasteiger partial charge in [0.1, 0.15) is 0 Å². The van der Waals surface area contributed by atoms with Gasteiger partial charge in [-0.05, 0) is 62.2 Å². The average Bonchev–Trinajstić information content (AvgIpc) is 3.44. The zero-order valence-electron chi connectivity index (χ0n) is 21.2. The monoisotopic (exact) mass is 491 g/mol. The molecule has 5 aromatic rings. The Morgan fingerprint density at radius 3 is 2.27 bits per heavy atom. The first kappa shape index (κ1) is 24.1. The number of nitrogens with zero attached hydrogens (tertiary/aromatic N) is 3. The summed E-state index contributed by atoms with van der Waals surface area (Å²) >= 11 is 0. The molecule has 3 aromatic carbocycles. The van der Waals surface area contributed by atoms with Gasteiger partial charge in [0.15, 0.2) is 5.69 Å². The molecule has 2 amide bonds. The third-order valence-corrected chi connectivity index (χ3v) is 6.67. The normalized spacial score (nSPS) is 11.0. The van der Waals surface area contributed by atoms with E-state index in [0.29, 0.717) is 23.5 Å². The first-order valence-corrected chi connectivity index (χ1v) is 12.3. The van der Waals surface area contributed by atoms with Crippen LogP contribution >= 0.6 is 0 Å². The van der Waals surface area contributed by atoms with E-state index in [1.54, 1.807) is 23.0 Å². The third-order valence-electron chi connectivity index (χ3n) is 6.67. The van der Waals surface area contributed by atoms with Gasteiger partial charge in [0.05, 0.1) is 5.69 Å². The Kier molecular flexibility index (Phi) is 6.60. The van der Waals surface area contributed by atoms with E-state index in [0.717, 1.165) is 23.0 Å². The first-order chi connectivity index (χ1) is 17.9. The van der Waals surface area contributed by atoms with Crippen LogP contribution in [0, 0.1) is 13.8 Å². The quantitative estimate of drug-likeness (QED) is 0.292. The molecule has 0 aliphatic heterocycles. The molecule has 0 radical (unpaired) electrons. The van der Waals surface area contributed by atoms with Crippen molar-refractivity contribution in [2.75, 3.05) is 10.6 Å². The summed E-state index contributed by atoms with van der Waals surface area (Å²) < 4.78 is 3.91. The van der Waals surface area contributed by atoms with Crippen molar-refractivity contribution in [2.45, 2.75) is 33.9 Å². The van der Waals surface area contributed by atoms with E-state index in [1.807, 2.05) is 61.5 Å².